The summed E-state index contributed by atoms with van der Waals surface area (Å²) in [5, 5.41) is 2.08. The zero-order chi connectivity index (χ0) is 18.0. The summed E-state index contributed by atoms with van der Waals surface area (Å²) in [6.45, 7) is 8.78. The molecule has 0 saturated carbocycles. The second-order valence-corrected chi connectivity index (χ2v) is 7.11. The lowest BCUT2D eigenvalue weighted by Gasteiger charge is -2.25. The van der Waals surface area contributed by atoms with Crippen LogP contribution in [0.4, 0.5) is 13.2 Å². The van der Waals surface area contributed by atoms with Crippen LogP contribution in [0.25, 0.3) is 0 Å². The van der Waals surface area contributed by atoms with Crippen molar-refractivity contribution < 1.29 is 22.9 Å². The van der Waals surface area contributed by atoms with E-state index in [2.05, 4.69) is 26.1 Å². The fraction of sp³-hybridized carbons (Fsp3) is 0.474. The summed E-state index contributed by atoms with van der Waals surface area (Å²) < 4.78 is 44.0. The summed E-state index contributed by atoms with van der Waals surface area (Å²) in [5.74, 6) is 1.83. The first kappa shape index (κ1) is 18.6. The lowest BCUT2D eigenvalue weighted by molar-refractivity contribution is -0.702. The molecule has 1 atom stereocenters. The monoisotopic (exact) mass is 340 g/mol. The van der Waals surface area contributed by atoms with E-state index in [0.717, 1.165) is 24.0 Å². The third-order valence-corrected chi connectivity index (χ3v) is 4.25. The van der Waals surface area contributed by atoms with Gasteiger partial charge in [-0.05, 0) is 38.1 Å². The third kappa shape index (κ3) is 4.87. The molecular weight excluding hydrogens is 315 g/mol. The highest BCUT2D eigenvalue weighted by Gasteiger charge is 2.31. The average Bonchev–Trinajstić information content (AvgIpc) is 2.92. The van der Waals surface area contributed by atoms with E-state index in [-0.39, 0.29) is 11.5 Å². The van der Waals surface area contributed by atoms with Crippen molar-refractivity contribution in [2.45, 2.75) is 58.3 Å². The van der Waals surface area contributed by atoms with Crippen molar-refractivity contribution in [2.75, 3.05) is 0 Å². The normalized spacial score (nSPS) is 14.0. The zero-order valence-corrected chi connectivity index (χ0v) is 14.6. The summed E-state index contributed by atoms with van der Waals surface area (Å²) in [4.78, 5) is 0. The topological polar surface area (TPSA) is 29.8 Å². The Morgan fingerprint density at radius 1 is 1.12 bits per heavy atom. The van der Waals surface area contributed by atoms with Crippen LogP contribution < -0.4 is 5.32 Å². The van der Waals surface area contributed by atoms with Gasteiger partial charge in [0.1, 0.15) is 18.1 Å². The highest BCUT2D eigenvalue weighted by atomic mass is 19.4. The van der Waals surface area contributed by atoms with Gasteiger partial charge in [0.2, 0.25) is 0 Å². The number of hydrogen-bond donors (Lipinski definition) is 1. The second kappa shape index (κ2) is 7.01. The number of quaternary nitrogens is 1. The molecule has 2 aromatic rings. The van der Waals surface area contributed by atoms with Crippen LogP contribution in [0.3, 0.4) is 0 Å². The van der Waals surface area contributed by atoms with Crippen molar-refractivity contribution in [2.24, 2.45) is 0 Å². The molecule has 0 fully saturated rings. The predicted octanol–water partition coefficient (Wildman–Crippen LogP) is 4.43. The zero-order valence-electron chi connectivity index (χ0n) is 14.6. The summed E-state index contributed by atoms with van der Waals surface area (Å²) in [6, 6.07) is 9.74. The van der Waals surface area contributed by atoms with Gasteiger partial charge < -0.3 is 9.73 Å². The Labute approximate surface area is 141 Å². The molecule has 1 aromatic carbocycles. The molecule has 1 heterocycles. The van der Waals surface area contributed by atoms with Gasteiger partial charge in [-0.25, -0.2) is 0 Å². The molecule has 0 unspecified atom stereocenters. The Morgan fingerprint density at radius 2 is 1.83 bits per heavy atom. The first-order chi connectivity index (χ1) is 11.1. The fourth-order valence-electron chi connectivity index (χ4n) is 3.00. The van der Waals surface area contributed by atoms with Crippen molar-refractivity contribution in [3.8, 4) is 0 Å². The molecule has 2 N–H and O–H groups in total. The third-order valence-electron chi connectivity index (χ3n) is 4.25. The smallest absolute Gasteiger partial charge is 0.416 e. The van der Waals surface area contributed by atoms with Crippen molar-refractivity contribution in [3.05, 3.63) is 59.0 Å². The molecule has 0 aliphatic carbocycles. The number of hydrogen-bond acceptors (Lipinski definition) is 1. The molecule has 2 rings (SSSR count). The molecule has 0 saturated heterocycles. The van der Waals surface area contributed by atoms with Gasteiger partial charge in [0.05, 0.1) is 11.6 Å². The number of aryl methyl sites for hydroxylation is 1. The van der Waals surface area contributed by atoms with Crippen LogP contribution >= 0.6 is 0 Å². The van der Waals surface area contributed by atoms with Crippen LogP contribution in [0.15, 0.2) is 40.8 Å². The number of furan rings is 1. The van der Waals surface area contributed by atoms with Crippen LogP contribution in [0, 0.1) is 6.92 Å². The Morgan fingerprint density at radius 3 is 2.42 bits per heavy atom. The summed E-state index contributed by atoms with van der Waals surface area (Å²) in [5.41, 5.74) is -0.0198. The SMILES string of the molecule is Cc1ccc(C(C)(C)C[C@H](C)[NH2+]Cc2cccc(C(F)(F)F)c2)o1. The number of nitrogens with two attached hydrogens (primary N) is 1. The minimum atomic E-state index is -4.29. The summed E-state index contributed by atoms with van der Waals surface area (Å²) in [6.07, 6.45) is -3.42. The van der Waals surface area contributed by atoms with E-state index in [9.17, 15) is 13.2 Å². The van der Waals surface area contributed by atoms with Crippen LogP contribution in [0.2, 0.25) is 0 Å². The lowest BCUT2D eigenvalue weighted by Crippen LogP contribution is -2.88. The van der Waals surface area contributed by atoms with Gasteiger partial charge in [-0.1, -0.05) is 26.0 Å². The van der Waals surface area contributed by atoms with Crippen LogP contribution in [-0.2, 0) is 18.1 Å². The maximum atomic E-state index is 12.8. The predicted molar refractivity (Wildman–Crippen MR) is 87.6 cm³/mol. The van der Waals surface area contributed by atoms with Gasteiger partial charge in [-0.2, -0.15) is 13.2 Å². The van der Waals surface area contributed by atoms with Gasteiger partial charge in [-0.15, -0.1) is 0 Å². The average molecular weight is 340 g/mol. The van der Waals surface area contributed by atoms with Crippen molar-refractivity contribution in [1.82, 2.24) is 0 Å². The van der Waals surface area contributed by atoms with Crippen molar-refractivity contribution in [1.29, 1.82) is 0 Å². The largest absolute Gasteiger partial charge is 0.466 e. The van der Waals surface area contributed by atoms with Crippen molar-refractivity contribution in [3.63, 3.8) is 0 Å². The molecule has 2 nitrogen and oxygen atoms in total. The Bertz CT molecular complexity index is 673. The number of halogens is 3. The molecule has 132 valence electrons. The van der Waals surface area contributed by atoms with Crippen LogP contribution in [0.5, 0.6) is 0 Å². The van der Waals surface area contributed by atoms with Crippen LogP contribution in [-0.4, -0.2) is 6.04 Å². The van der Waals surface area contributed by atoms with Gasteiger partial charge in [0.25, 0.3) is 0 Å². The van der Waals surface area contributed by atoms with Gasteiger partial charge >= 0.3 is 6.18 Å². The van der Waals surface area contributed by atoms with Gasteiger partial charge in [0, 0.05) is 17.4 Å². The van der Waals surface area contributed by atoms with Crippen molar-refractivity contribution >= 4 is 0 Å². The molecule has 0 spiro atoms. The van der Waals surface area contributed by atoms with E-state index in [1.54, 1.807) is 6.07 Å². The quantitative estimate of drug-likeness (QED) is 0.828. The second-order valence-electron chi connectivity index (χ2n) is 7.11. The molecule has 1 aromatic heterocycles. The summed E-state index contributed by atoms with van der Waals surface area (Å²) >= 11 is 0. The summed E-state index contributed by atoms with van der Waals surface area (Å²) in [7, 11) is 0. The molecule has 5 heteroatoms. The standard InChI is InChI=1S/C19H24F3NO/c1-13(11-18(3,4)17-9-8-14(2)24-17)23-12-15-6-5-7-16(10-15)19(20,21)22/h5-10,13,23H,11-12H2,1-4H3/p+1/t13-/m0/s1. The minimum absolute atomic E-state index is 0.113. The number of benzene rings is 1. The Hall–Kier alpha value is -1.75. The van der Waals surface area contributed by atoms with Gasteiger partial charge in [-0.3, -0.25) is 0 Å². The highest BCUT2D eigenvalue weighted by Crippen LogP contribution is 2.30. The number of alkyl halides is 3. The molecule has 0 bridgehead atoms. The maximum absolute atomic E-state index is 12.8. The first-order valence-corrected chi connectivity index (χ1v) is 8.14. The molecule has 0 radical (unpaired) electrons. The van der Waals surface area contributed by atoms with Crippen LogP contribution in [0.1, 0.15) is 49.8 Å². The fourth-order valence-corrected chi connectivity index (χ4v) is 3.00. The maximum Gasteiger partial charge on any atom is 0.416 e. The molecule has 0 amide bonds. The van der Waals surface area contributed by atoms with E-state index < -0.39 is 11.7 Å². The number of rotatable bonds is 6. The highest BCUT2D eigenvalue weighted by molar-refractivity contribution is 5.25. The van der Waals surface area contributed by atoms with E-state index in [0.29, 0.717) is 12.1 Å². The first-order valence-electron chi connectivity index (χ1n) is 8.14. The lowest BCUT2D eigenvalue weighted by atomic mass is 9.83. The van der Waals surface area contributed by atoms with E-state index in [4.69, 9.17) is 4.42 Å². The minimum Gasteiger partial charge on any atom is -0.466 e. The Kier molecular flexibility index (Phi) is 5.43. The molecule has 0 aliphatic rings. The van der Waals surface area contributed by atoms with Gasteiger partial charge in [0.15, 0.2) is 0 Å². The molecular formula is C19H25F3NO+. The molecule has 0 aliphatic heterocycles. The Balaban J connectivity index is 1.95. The van der Waals surface area contributed by atoms with E-state index >= 15 is 0 Å². The van der Waals surface area contributed by atoms with E-state index in [1.807, 2.05) is 19.1 Å². The van der Waals surface area contributed by atoms with E-state index in [1.165, 1.54) is 12.1 Å². The molecule has 24 heavy (non-hydrogen) atoms.